The van der Waals surface area contributed by atoms with E-state index in [1.165, 1.54) is 23.5 Å². The van der Waals surface area contributed by atoms with Crippen LogP contribution in [0.25, 0.3) is 26.4 Å². The van der Waals surface area contributed by atoms with Gasteiger partial charge in [-0.2, -0.15) is 26.3 Å². The summed E-state index contributed by atoms with van der Waals surface area (Å²) in [5.41, 5.74) is -3.70. The Labute approximate surface area is 272 Å². The number of fused-ring (bicyclic) bond motifs is 3. The van der Waals surface area contributed by atoms with Crippen molar-refractivity contribution >= 4 is 44.1 Å². The summed E-state index contributed by atoms with van der Waals surface area (Å²) in [5, 5.41) is 7.27. The lowest BCUT2D eigenvalue weighted by molar-refractivity contribution is -0.298. The number of carbonyl (C=O) groups excluding carboxylic acids is 1. The lowest BCUT2D eigenvalue weighted by Crippen LogP contribution is -2.51. The monoisotopic (exact) mass is 676 g/mol. The largest absolute Gasteiger partial charge is 0.492 e. The number of hydrogen-bond acceptors (Lipinski definition) is 8. The van der Waals surface area contributed by atoms with Gasteiger partial charge in [-0.3, -0.25) is 14.6 Å². The fourth-order valence-electron chi connectivity index (χ4n) is 4.31. The molecular formula is C29H26F6N6O4S. The predicted molar refractivity (Wildman–Crippen MR) is 157 cm³/mol. The fourth-order valence-corrected chi connectivity index (χ4v) is 5.34. The van der Waals surface area contributed by atoms with Gasteiger partial charge in [0.1, 0.15) is 18.1 Å². The number of thiazole rings is 1. The van der Waals surface area contributed by atoms with Gasteiger partial charge in [0, 0.05) is 48.5 Å². The number of carbonyl (C=O) groups is 1. The zero-order valence-electron chi connectivity index (χ0n) is 31.2. The Morgan fingerprint density at radius 3 is 2.46 bits per heavy atom. The van der Waals surface area contributed by atoms with E-state index in [1.807, 2.05) is 5.32 Å². The Kier molecular flexibility index (Phi) is 6.07. The van der Waals surface area contributed by atoms with Crippen molar-refractivity contribution in [3.05, 3.63) is 60.4 Å². The summed E-state index contributed by atoms with van der Waals surface area (Å²) in [4.78, 5) is 18.0. The molecule has 1 aliphatic heterocycles. The molecule has 4 heterocycles. The summed E-state index contributed by atoms with van der Waals surface area (Å²) in [7, 11) is 0. The molecule has 17 heteroatoms. The molecule has 0 unspecified atom stereocenters. The molecule has 2 N–H and O–H groups in total. The molecule has 10 nitrogen and oxygen atoms in total. The maximum absolute atomic E-state index is 13.3. The second-order valence-corrected chi connectivity index (χ2v) is 10.9. The van der Waals surface area contributed by atoms with E-state index in [4.69, 9.17) is 15.7 Å². The number of rotatable bonds is 8. The van der Waals surface area contributed by atoms with Gasteiger partial charge in [0.05, 0.1) is 34.5 Å². The molecule has 5 aromatic rings. The van der Waals surface area contributed by atoms with Gasteiger partial charge >= 0.3 is 18.4 Å². The number of hydrogen-bond donors (Lipinski definition) is 2. The first kappa shape index (κ1) is 23.0. The van der Waals surface area contributed by atoms with Gasteiger partial charge in [0.2, 0.25) is 11.3 Å². The maximum atomic E-state index is 13.3. The van der Waals surface area contributed by atoms with E-state index in [0.29, 0.717) is 32.9 Å². The molecule has 0 spiro atoms. The van der Waals surface area contributed by atoms with Crippen LogP contribution in [0.15, 0.2) is 59.3 Å². The highest BCUT2D eigenvalue weighted by Crippen LogP contribution is 2.51. The van der Waals surface area contributed by atoms with Gasteiger partial charge in [-0.15, -0.1) is 0 Å². The fraction of sp³-hybridized carbons (Fsp3) is 0.345. The molecule has 6 rings (SSSR count). The third kappa shape index (κ3) is 6.21. The molecule has 244 valence electrons. The van der Waals surface area contributed by atoms with Crippen LogP contribution in [-0.4, -0.2) is 77.1 Å². The molecule has 46 heavy (non-hydrogen) atoms. The van der Waals surface area contributed by atoms with Gasteiger partial charge in [0.25, 0.3) is 0 Å². The quantitative estimate of drug-likeness (QED) is 0.172. The van der Waals surface area contributed by atoms with E-state index in [0.717, 1.165) is 10.2 Å². The molecule has 3 aromatic heterocycles. The van der Waals surface area contributed by atoms with Crippen molar-refractivity contribution in [2.24, 2.45) is 0 Å². The summed E-state index contributed by atoms with van der Waals surface area (Å²) >= 11 is 1.29. The summed E-state index contributed by atoms with van der Waals surface area (Å²) in [6, 6.07) is 10.5. The van der Waals surface area contributed by atoms with Crippen LogP contribution < -0.4 is 15.4 Å². The minimum absolute atomic E-state index is 0.0879. The number of benzene rings is 2. The van der Waals surface area contributed by atoms with Crippen molar-refractivity contribution < 1.29 is 56.1 Å². The van der Waals surface area contributed by atoms with Crippen LogP contribution in [-0.2, 0) is 10.2 Å². The molecule has 0 saturated carbocycles. The Bertz CT molecular complexity index is 2170. The third-order valence-electron chi connectivity index (χ3n) is 6.94. The lowest BCUT2D eigenvalue weighted by atomic mass is 9.85. The first-order valence-electron chi connectivity index (χ1n) is 17.1. The Balaban J connectivity index is 1.09. The number of morpholine rings is 1. The minimum atomic E-state index is -5.75. The SMILES string of the molecule is [2H]C1([2H])OC([2H])([2H])C([2H])([2H])N(CCOc2ccc3c(c2)sc2nc(-c4ccc(NC(=O)Nc5cc(C(C)(C(F)(F)F)C(F)(F)F)no5)cc4)cn23)C1([2H])[2H]. The molecule has 1 saturated heterocycles. The Morgan fingerprint density at radius 2 is 1.76 bits per heavy atom. The zero-order chi connectivity index (χ0) is 39.9. The molecule has 0 radical (unpaired) electrons. The van der Waals surface area contributed by atoms with Crippen LogP contribution in [0, 0.1) is 0 Å². The number of anilines is 2. The number of amides is 2. The second kappa shape index (κ2) is 12.1. The van der Waals surface area contributed by atoms with Gasteiger partial charge in [-0.25, -0.2) is 9.78 Å². The molecular weight excluding hydrogens is 642 g/mol. The highest BCUT2D eigenvalue weighted by atomic mass is 32.1. The van der Waals surface area contributed by atoms with E-state index >= 15 is 0 Å². The topological polar surface area (TPSA) is 106 Å². The molecule has 2 aromatic carbocycles. The first-order chi connectivity index (χ1) is 24.8. The number of aromatic nitrogens is 3. The van der Waals surface area contributed by atoms with Crippen molar-refractivity contribution in [1.82, 2.24) is 19.4 Å². The molecule has 0 atom stereocenters. The molecule has 1 fully saturated rings. The lowest BCUT2D eigenvalue weighted by Gasteiger charge is -2.31. The summed E-state index contributed by atoms with van der Waals surface area (Å²) < 4.78 is 161. The van der Waals surface area contributed by atoms with Crippen LogP contribution in [0.5, 0.6) is 5.75 Å². The Morgan fingerprint density at radius 1 is 1.04 bits per heavy atom. The van der Waals surface area contributed by atoms with Gasteiger partial charge < -0.3 is 19.3 Å². The van der Waals surface area contributed by atoms with Crippen LogP contribution in [0.1, 0.15) is 23.6 Å². The van der Waals surface area contributed by atoms with Crippen molar-refractivity contribution in [2.75, 3.05) is 49.9 Å². The van der Waals surface area contributed by atoms with Crippen LogP contribution in [0.4, 0.5) is 42.7 Å². The average molecular weight is 677 g/mol. The number of nitrogens with zero attached hydrogens (tertiary/aromatic N) is 4. The van der Waals surface area contributed by atoms with Crippen LogP contribution >= 0.6 is 11.3 Å². The van der Waals surface area contributed by atoms with Crippen molar-refractivity contribution in [3.63, 3.8) is 0 Å². The summed E-state index contributed by atoms with van der Waals surface area (Å²) in [6.45, 7) is -13.3. The third-order valence-corrected chi connectivity index (χ3v) is 7.96. The number of alkyl halides is 6. The van der Waals surface area contributed by atoms with Crippen molar-refractivity contribution in [2.45, 2.75) is 24.7 Å². The molecule has 1 aliphatic rings. The van der Waals surface area contributed by atoms with Gasteiger partial charge in [-0.05, 0) is 37.3 Å². The molecule has 0 bridgehead atoms. The number of imidazole rings is 1. The van der Waals surface area contributed by atoms with Gasteiger partial charge in [0.15, 0.2) is 4.96 Å². The molecule has 0 aliphatic carbocycles. The predicted octanol–water partition coefficient (Wildman–Crippen LogP) is 6.94. The second-order valence-electron chi connectivity index (χ2n) is 9.89. The van der Waals surface area contributed by atoms with E-state index in [-0.39, 0.29) is 19.2 Å². The van der Waals surface area contributed by atoms with Crippen molar-refractivity contribution in [1.29, 1.82) is 0 Å². The normalized spacial score (nSPS) is 22.0. The first-order valence-corrected chi connectivity index (χ1v) is 13.9. The van der Waals surface area contributed by atoms with E-state index in [2.05, 4.69) is 24.7 Å². The number of halogens is 6. The van der Waals surface area contributed by atoms with Gasteiger partial charge in [-0.1, -0.05) is 28.6 Å². The maximum Gasteiger partial charge on any atom is 0.408 e. The zero-order valence-corrected chi connectivity index (χ0v) is 24.0. The highest BCUT2D eigenvalue weighted by Gasteiger charge is 2.70. The Hall–Kier alpha value is -4.35. The van der Waals surface area contributed by atoms with E-state index in [1.54, 1.807) is 40.9 Å². The molecule has 2 amide bonds. The minimum Gasteiger partial charge on any atom is -0.492 e. The highest BCUT2D eigenvalue weighted by molar-refractivity contribution is 7.23. The number of nitrogens with one attached hydrogen (secondary N) is 2. The summed E-state index contributed by atoms with van der Waals surface area (Å²) in [5.74, 6) is -0.425. The van der Waals surface area contributed by atoms with Crippen LogP contribution in [0.3, 0.4) is 0 Å². The van der Waals surface area contributed by atoms with Crippen molar-refractivity contribution in [3.8, 4) is 17.0 Å². The van der Waals surface area contributed by atoms with E-state index in [9.17, 15) is 31.1 Å². The number of ether oxygens (including phenoxy) is 2. The summed E-state index contributed by atoms with van der Waals surface area (Å²) in [6.07, 6.45) is -9.76. The van der Waals surface area contributed by atoms with Crippen LogP contribution in [0.2, 0.25) is 0 Å². The van der Waals surface area contributed by atoms with E-state index < -0.39 is 68.0 Å². The number of urea groups is 1. The standard InChI is InChI=1S/C29H26F6N6O4S/c1-27(28(30,31)32,29(33,34)35)23-15-24(45-39-23)38-25(42)36-18-4-2-17(3-5-18)20-16-41-21-7-6-19(14-22(21)46-26(41)37-20)44-13-10-40-8-11-43-12-9-40/h2-7,14-16H,8-13H2,1H3,(H2,36,38,42)/i8D2,9D2,11D2,12D2. The average Bonchev–Trinajstić information content (AvgIpc) is 3.75. The smallest absolute Gasteiger partial charge is 0.408 e.